The molecule has 0 spiro atoms. The van der Waals surface area contributed by atoms with Gasteiger partial charge in [0.05, 0.1) is 27.9 Å². The van der Waals surface area contributed by atoms with Crippen molar-refractivity contribution < 1.29 is 4.79 Å². The largest absolute Gasteiger partial charge is 0.282 e. The molecule has 5 heteroatoms. The van der Waals surface area contributed by atoms with Crippen LogP contribution in [0, 0.1) is 30.1 Å². The number of benzene rings is 1. The molecule has 1 amide bonds. The quantitative estimate of drug-likeness (QED) is 0.543. The molecule has 4 aliphatic carbocycles. The van der Waals surface area contributed by atoms with E-state index in [1.807, 2.05) is 29.3 Å². The number of hydrogen-bond donors (Lipinski definition) is 0. The maximum atomic E-state index is 14.2. The lowest BCUT2D eigenvalue weighted by Gasteiger charge is -2.56. The summed E-state index contributed by atoms with van der Waals surface area (Å²) in [6.45, 7) is 2.59. The molecule has 154 valence electrons. The summed E-state index contributed by atoms with van der Waals surface area (Å²) in [7, 11) is 0. The Morgan fingerprint density at radius 2 is 1.80 bits per heavy atom. The fraction of sp³-hybridized carbons (Fsp3) is 0.480. The highest BCUT2D eigenvalue weighted by atomic mass is 32.1. The average Bonchev–Trinajstić information content (AvgIpc) is 3.17. The zero-order chi connectivity index (χ0) is 20.3. The van der Waals surface area contributed by atoms with Crippen LogP contribution in [0.1, 0.15) is 49.8 Å². The SMILES string of the molecule is Cc1cccc2sc(N(Cc3ccccn3)C(=O)C34CC5CC(CC(C5)C3)C4)nc12. The van der Waals surface area contributed by atoms with E-state index >= 15 is 0 Å². The predicted octanol–water partition coefficient (Wildman–Crippen LogP) is 5.75. The number of rotatable bonds is 4. The Labute approximate surface area is 181 Å². The second kappa shape index (κ2) is 6.88. The summed E-state index contributed by atoms with van der Waals surface area (Å²) in [5, 5.41) is 0.825. The topological polar surface area (TPSA) is 46.1 Å². The van der Waals surface area contributed by atoms with Crippen molar-refractivity contribution in [3.63, 3.8) is 0 Å². The summed E-state index contributed by atoms with van der Waals surface area (Å²) < 4.78 is 1.15. The van der Waals surface area contributed by atoms with Gasteiger partial charge in [-0.25, -0.2) is 4.98 Å². The molecule has 4 fully saturated rings. The molecule has 4 aliphatic rings. The maximum absolute atomic E-state index is 14.2. The lowest BCUT2D eigenvalue weighted by Crippen LogP contribution is -2.54. The second-order valence-electron chi connectivity index (χ2n) is 9.83. The van der Waals surface area contributed by atoms with E-state index in [2.05, 4.69) is 30.1 Å². The molecule has 4 nitrogen and oxygen atoms in total. The van der Waals surface area contributed by atoms with Gasteiger partial charge in [-0.15, -0.1) is 0 Å². The molecule has 0 aliphatic heterocycles. The van der Waals surface area contributed by atoms with Crippen LogP contribution in [-0.2, 0) is 11.3 Å². The monoisotopic (exact) mass is 417 g/mol. The van der Waals surface area contributed by atoms with Gasteiger partial charge in [-0.05, 0) is 87.0 Å². The van der Waals surface area contributed by atoms with Gasteiger partial charge in [0, 0.05) is 6.20 Å². The Balaban J connectivity index is 1.42. The van der Waals surface area contributed by atoms with Crippen LogP contribution in [0.2, 0.25) is 0 Å². The molecule has 7 rings (SSSR count). The fourth-order valence-electron chi connectivity index (χ4n) is 6.73. The molecule has 0 saturated heterocycles. The molecular weight excluding hydrogens is 390 g/mol. The summed E-state index contributed by atoms with van der Waals surface area (Å²) >= 11 is 1.64. The number of para-hydroxylation sites is 1. The first kappa shape index (κ1) is 18.5. The van der Waals surface area contributed by atoms with Gasteiger partial charge < -0.3 is 0 Å². The van der Waals surface area contributed by atoms with E-state index in [4.69, 9.17) is 4.98 Å². The first-order valence-electron chi connectivity index (χ1n) is 11.2. The van der Waals surface area contributed by atoms with Gasteiger partial charge in [0.1, 0.15) is 0 Å². The van der Waals surface area contributed by atoms with Crippen LogP contribution in [-0.4, -0.2) is 15.9 Å². The number of thiazole rings is 1. The van der Waals surface area contributed by atoms with Gasteiger partial charge in [-0.2, -0.15) is 0 Å². The fourth-order valence-corrected chi connectivity index (χ4v) is 7.77. The van der Waals surface area contributed by atoms with Crippen LogP contribution in [0.4, 0.5) is 5.13 Å². The zero-order valence-corrected chi connectivity index (χ0v) is 18.2. The highest BCUT2D eigenvalue weighted by molar-refractivity contribution is 7.22. The van der Waals surface area contributed by atoms with Crippen LogP contribution in [0.15, 0.2) is 42.6 Å². The summed E-state index contributed by atoms with van der Waals surface area (Å²) in [5.74, 6) is 2.53. The molecule has 0 atom stereocenters. The van der Waals surface area contributed by atoms with Gasteiger partial charge >= 0.3 is 0 Å². The van der Waals surface area contributed by atoms with Crippen molar-refractivity contribution in [1.82, 2.24) is 9.97 Å². The van der Waals surface area contributed by atoms with Gasteiger partial charge in [-0.3, -0.25) is 14.7 Å². The summed E-state index contributed by atoms with van der Waals surface area (Å²) in [6, 6.07) is 12.2. The summed E-state index contributed by atoms with van der Waals surface area (Å²) in [6.07, 6.45) is 9.04. The Morgan fingerprint density at radius 3 is 2.43 bits per heavy atom. The number of carbonyl (C=O) groups is 1. The summed E-state index contributed by atoms with van der Waals surface area (Å²) in [5.41, 5.74) is 2.92. The molecule has 30 heavy (non-hydrogen) atoms. The van der Waals surface area contributed by atoms with Crippen LogP contribution in [0.5, 0.6) is 0 Å². The van der Waals surface area contributed by atoms with E-state index in [0.717, 1.165) is 63.6 Å². The zero-order valence-electron chi connectivity index (χ0n) is 17.4. The van der Waals surface area contributed by atoms with Gasteiger partial charge in [-0.1, -0.05) is 29.5 Å². The number of pyridine rings is 1. The molecule has 4 saturated carbocycles. The van der Waals surface area contributed by atoms with Crippen LogP contribution >= 0.6 is 11.3 Å². The standard InChI is InChI=1S/C25H27N3OS/c1-16-5-4-7-21-22(16)27-24(30-21)28(15-20-6-2-3-8-26-20)23(29)25-12-17-9-18(13-25)11-19(10-17)14-25/h2-8,17-19H,9-15H2,1H3. The maximum Gasteiger partial charge on any atom is 0.235 e. The van der Waals surface area contributed by atoms with E-state index in [1.165, 1.54) is 19.3 Å². The number of aryl methyl sites for hydroxylation is 1. The lowest BCUT2D eigenvalue weighted by molar-refractivity contribution is -0.143. The van der Waals surface area contributed by atoms with Crippen molar-refractivity contribution in [2.24, 2.45) is 23.2 Å². The molecule has 2 aromatic heterocycles. The third kappa shape index (κ3) is 2.97. The highest BCUT2D eigenvalue weighted by Crippen LogP contribution is 2.60. The van der Waals surface area contributed by atoms with Crippen molar-refractivity contribution in [3.05, 3.63) is 53.9 Å². The van der Waals surface area contributed by atoms with Crippen LogP contribution < -0.4 is 4.90 Å². The summed E-state index contributed by atoms with van der Waals surface area (Å²) in [4.78, 5) is 25.7. The van der Waals surface area contributed by atoms with Crippen molar-refractivity contribution in [2.75, 3.05) is 4.90 Å². The average molecular weight is 418 g/mol. The lowest BCUT2D eigenvalue weighted by atomic mass is 9.49. The third-order valence-corrected chi connectivity index (χ3v) is 8.67. The van der Waals surface area contributed by atoms with Gasteiger partial charge in [0.15, 0.2) is 5.13 Å². The van der Waals surface area contributed by atoms with Crippen molar-refractivity contribution in [1.29, 1.82) is 0 Å². The van der Waals surface area contributed by atoms with Crippen molar-refractivity contribution in [2.45, 2.75) is 52.0 Å². The molecular formula is C25H27N3OS. The second-order valence-corrected chi connectivity index (χ2v) is 10.8. The number of anilines is 1. The first-order valence-corrected chi connectivity index (χ1v) is 12.0. The van der Waals surface area contributed by atoms with Gasteiger partial charge in [0.25, 0.3) is 0 Å². The number of aromatic nitrogens is 2. The molecule has 2 heterocycles. The van der Waals surface area contributed by atoms with E-state index < -0.39 is 0 Å². The molecule has 1 aromatic carbocycles. The highest BCUT2D eigenvalue weighted by Gasteiger charge is 2.56. The Morgan fingerprint density at radius 1 is 1.07 bits per heavy atom. The molecule has 4 bridgehead atoms. The molecule has 0 N–H and O–H groups in total. The minimum atomic E-state index is -0.184. The number of carbonyl (C=O) groups excluding carboxylic acids is 1. The smallest absolute Gasteiger partial charge is 0.235 e. The first-order chi connectivity index (χ1) is 14.6. The van der Waals surface area contributed by atoms with Crippen LogP contribution in [0.25, 0.3) is 10.2 Å². The van der Waals surface area contributed by atoms with Gasteiger partial charge in [0.2, 0.25) is 5.91 Å². The number of amides is 1. The normalized spacial score (nSPS) is 29.4. The van der Waals surface area contributed by atoms with E-state index in [0.29, 0.717) is 12.5 Å². The van der Waals surface area contributed by atoms with Crippen LogP contribution in [0.3, 0.4) is 0 Å². The minimum Gasteiger partial charge on any atom is -0.282 e. The van der Waals surface area contributed by atoms with E-state index in [1.54, 1.807) is 11.3 Å². The molecule has 3 aromatic rings. The Kier molecular flexibility index (Phi) is 4.24. The number of fused-ring (bicyclic) bond motifs is 1. The number of hydrogen-bond acceptors (Lipinski definition) is 4. The molecule has 0 unspecified atom stereocenters. The Bertz CT molecular complexity index is 1070. The number of nitrogens with zero attached hydrogens (tertiary/aromatic N) is 3. The third-order valence-electron chi connectivity index (χ3n) is 7.62. The van der Waals surface area contributed by atoms with Crippen molar-refractivity contribution in [3.8, 4) is 0 Å². The predicted molar refractivity (Wildman–Crippen MR) is 120 cm³/mol. The van der Waals surface area contributed by atoms with Crippen molar-refractivity contribution >= 4 is 32.6 Å². The van der Waals surface area contributed by atoms with E-state index in [-0.39, 0.29) is 5.41 Å². The Hall–Kier alpha value is -2.27. The minimum absolute atomic E-state index is 0.184. The molecule has 0 radical (unpaired) electrons. The van der Waals surface area contributed by atoms with E-state index in [9.17, 15) is 4.79 Å².